The van der Waals surface area contributed by atoms with Gasteiger partial charge in [0, 0.05) is 0 Å². The van der Waals surface area contributed by atoms with Gasteiger partial charge in [0.05, 0.1) is 0 Å². The van der Waals surface area contributed by atoms with E-state index >= 15 is 0 Å². The molecule has 0 N–H and O–H groups in total. The molecule has 1 aliphatic rings. The van der Waals surface area contributed by atoms with Crippen LogP contribution in [0, 0.1) is 0 Å². The molecule has 0 amide bonds. The van der Waals surface area contributed by atoms with Crippen LogP contribution in [0.1, 0.15) is 41.0 Å². The van der Waals surface area contributed by atoms with E-state index in [1.807, 2.05) is 19.9 Å². The molecule has 1 aromatic rings. The minimum absolute atomic E-state index is 0.0751. The van der Waals surface area contributed by atoms with Gasteiger partial charge in [0.2, 0.25) is 0 Å². The van der Waals surface area contributed by atoms with Crippen molar-refractivity contribution in [3.05, 3.63) is 17.2 Å². The van der Waals surface area contributed by atoms with Crippen molar-refractivity contribution in [2.75, 3.05) is 14.2 Å². The van der Waals surface area contributed by atoms with Crippen LogP contribution in [0.4, 0.5) is 0 Å². The summed E-state index contributed by atoms with van der Waals surface area (Å²) in [7, 11) is 2.81. The first-order valence-electron chi connectivity index (χ1n) is 7.58. The molecule has 0 unspecified atom stereocenters. The fourth-order valence-electron chi connectivity index (χ4n) is 2.89. The molecule has 0 atom stereocenters. The average molecular weight is 427 g/mol. The molecule has 0 spiro atoms. The van der Waals surface area contributed by atoms with E-state index in [0.717, 1.165) is 3.58 Å². The molecule has 0 saturated heterocycles. The van der Waals surface area contributed by atoms with Crippen LogP contribution in [0.2, 0.25) is 14.8 Å². The Hall–Kier alpha value is -1.24. The second-order valence-electron chi connectivity index (χ2n) is 7.41. The maximum absolute atomic E-state index is 12.6. The molecule has 0 radical (unpaired) electrons. The number of ketones is 1. The molecule has 1 heterocycles. The first kappa shape index (κ1) is 18.1. The summed E-state index contributed by atoms with van der Waals surface area (Å²) in [6, 6.07) is 1.86. The van der Waals surface area contributed by atoms with Gasteiger partial charge >= 0.3 is 141 Å². The molecule has 5 nitrogen and oxygen atoms in total. The summed E-state index contributed by atoms with van der Waals surface area (Å²) in [6.07, 6.45) is 0.245. The van der Waals surface area contributed by atoms with E-state index in [1.165, 1.54) is 14.2 Å². The van der Waals surface area contributed by atoms with E-state index in [0.29, 0.717) is 16.9 Å². The van der Waals surface area contributed by atoms with Gasteiger partial charge in [-0.25, -0.2) is 0 Å². The van der Waals surface area contributed by atoms with Crippen molar-refractivity contribution in [3.63, 3.8) is 0 Å². The second-order valence-corrected chi connectivity index (χ2v) is 21.8. The number of rotatable bonds is 3. The van der Waals surface area contributed by atoms with Crippen molar-refractivity contribution in [3.8, 4) is 11.5 Å². The van der Waals surface area contributed by atoms with Crippen molar-refractivity contribution in [2.45, 2.75) is 40.7 Å². The van der Waals surface area contributed by atoms with E-state index < -0.39 is 29.9 Å². The van der Waals surface area contributed by atoms with E-state index in [4.69, 9.17) is 14.2 Å². The number of benzene rings is 1. The predicted molar refractivity (Wildman–Crippen MR) is 91.0 cm³/mol. The summed E-state index contributed by atoms with van der Waals surface area (Å²) in [5, 5.41) is 0. The Morgan fingerprint density at radius 3 is 2.35 bits per heavy atom. The Balaban J connectivity index is 2.86. The molecule has 0 aliphatic carbocycles. The number of methoxy groups -OCH3 is 2. The third kappa shape index (κ3) is 3.34. The third-order valence-corrected chi connectivity index (χ3v) is 9.64. The predicted octanol–water partition coefficient (Wildman–Crippen LogP) is 2.77. The summed E-state index contributed by atoms with van der Waals surface area (Å²) >= 11 is -2.70. The minimum atomic E-state index is -2.70. The summed E-state index contributed by atoms with van der Waals surface area (Å²) in [6.45, 7) is 3.77. The van der Waals surface area contributed by atoms with Gasteiger partial charge in [0.25, 0.3) is 0 Å². The number of fused-ring (bicyclic) bond motifs is 1. The summed E-state index contributed by atoms with van der Waals surface area (Å²) < 4.78 is 17.4. The zero-order valence-electron chi connectivity index (χ0n) is 14.8. The molecule has 1 aliphatic heterocycles. The van der Waals surface area contributed by atoms with Gasteiger partial charge in [-0.3, -0.25) is 0 Å². The quantitative estimate of drug-likeness (QED) is 0.549. The van der Waals surface area contributed by atoms with Crippen LogP contribution >= 0.6 is 0 Å². The molecule has 126 valence electrons. The van der Waals surface area contributed by atoms with E-state index in [1.54, 1.807) is 0 Å². The van der Waals surface area contributed by atoms with Gasteiger partial charge in [-0.05, 0) is 0 Å². The Bertz CT molecular complexity index is 671. The Kier molecular flexibility index (Phi) is 4.72. The van der Waals surface area contributed by atoms with Crippen LogP contribution in [0.15, 0.2) is 6.07 Å². The number of carbonyl (C=O) groups is 2. The monoisotopic (exact) mass is 428 g/mol. The number of Topliss-reactive ketones (excluding diaryl/α,β-unsaturated/α-hetero) is 1. The van der Waals surface area contributed by atoms with Gasteiger partial charge in [-0.15, -0.1) is 0 Å². The van der Waals surface area contributed by atoms with Crippen LogP contribution in [0.25, 0.3) is 0 Å². The number of hydrogen-bond donors (Lipinski definition) is 0. The van der Waals surface area contributed by atoms with Gasteiger partial charge in [-0.1, -0.05) is 0 Å². The van der Waals surface area contributed by atoms with Crippen LogP contribution in [-0.2, 0) is 4.74 Å². The van der Waals surface area contributed by atoms with Crippen LogP contribution in [0.5, 0.6) is 11.5 Å². The van der Waals surface area contributed by atoms with Crippen molar-refractivity contribution in [2.24, 2.45) is 0 Å². The average Bonchev–Trinajstić information content (AvgIpc) is 2.42. The Morgan fingerprint density at radius 1 is 1.26 bits per heavy atom. The fourth-order valence-corrected chi connectivity index (χ4v) is 7.25. The zero-order chi connectivity index (χ0) is 17.6. The molecule has 23 heavy (non-hydrogen) atoms. The normalized spacial score (nSPS) is 16.4. The van der Waals surface area contributed by atoms with E-state index in [-0.39, 0.29) is 18.0 Å². The van der Waals surface area contributed by atoms with E-state index in [2.05, 4.69) is 14.8 Å². The number of carbonyl (C=O) groups excluding carboxylic acids is 2. The molecule has 0 fully saturated rings. The maximum atomic E-state index is 12.6. The fraction of sp³-hybridized carbons (Fsp3) is 0.529. The Morgan fingerprint density at radius 2 is 1.87 bits per heavy atom. The van der Waals surface area contributed by atoms with E-state index in [9.17, 15) is 9.59 Å². The summed E-state index contributed by atoms with van der Waals surface area (Å²) in [4.78, 5) is 31.5. The molecule has 0 bridgehead atoms. The SMILES string of the molecule is COC(=O)c1[c]([Sn]([CH3])([CH3])[CH3])cc2c(c1OC)C(=O)CC(C)(C)O2. The van der Waals surface area contributed by atoms with Crippen LogP contribution in [0.3, 0.4) is 0 Å². The third-order valence-electron chi connectivity index (χ3n) is 3.90. The topological polar surface area (TPSA) is 61.8 Å². The van der Waals surface area contributed by atoms with Gasteiger partial charge in [0.15, 0.2) is 0 Å². The van der Waals surface area contributed by atoms with Gasteiger partial charge < -0.3 is 0 Å². The van der Waals surface area contributed by atoms with Gasteiger partial charge in [0.1, 0.15) is 0 Å². The molecular weight excluding hydrogens is 403 g/mol. The molecule has 0 saturated carbocycles. The van der Waals surface area contributed by atoms with Crippen molar-refractivity contribution in [1.29, 1.82) is 0 Å². The molecule has 1 aromatic carbocycles. The summed E-state index contributed by atoms with van der Waals surface area (Å²) in [5.41, 5.74) is 0.173. The summed E-state index contributed by atoms with van der Waals surface area (Å²) in [5.74, 6) is 0.256. The molecule has 6 heteroatoms. The number of esters is 1. The molecule has 2 rings (SSSR count). The zero-order valence-corrected chi connectivity index (χ0v) is 17.7. The Labute approximate surface area is 141 Å². The van der Waals surface area contributed by atoms with Crippen molar-refractivity contribution in [1.82, 2.24) is 0 Å². The van der Waals surface area contributed by atoms with Gasteiger partial charge in [-0.2, -0.15) is 0 Å². The van der Waals surface area contributed by atoms with Crippen LogP contribution < -0.4 is 13.1 Å². The first-order valence-corrected chi connectivity index (χ1v) is 17.6. The number of ether oxygens (including phenoxy) is 3. The number of hydrogen-bond acceptors (Lipinski definition) is 5. The first-order chi connectivity index (χ1) is 10.5. The van der Waals surface area contributed by atoms with Crippen molar-refractivity contribution >= 4 is 33.7 Å². The molecular formula is C17H24O5Sn. The molecule has 0 aromatic heterocycles. The van der Waals surface area contributed by atoms with Crippen molar-refractivity contribution < 1.29 is 23.8 Å². The van der Waals surface area contributed by atoms with Crippen LogP contribution in [-0.4, -0.2) is 50.0 Å². The second kappa shape index (κ2) is 6.00. The standard InChI is InChI=1S/C14H15O5.3CH3.Sn/c1-14(2)7-9(15)11-10(19-14)6-5-8(12(11)17-3)13(16)18-4;;;;/h6H,7H2,1-4H3;3*1H3;.